The van der Waals surface area contributed by atoms with Gasteiger partial charge in [0.15, 0.2) is 0 Å². The molecule has 0 aromatic heterocycles. The van der Waals surface area contributed by atoms with Crippen LogP contribution in [0.5, 0.6) is 0 Å². The fourth-order valence-electron chi connectivity index (χ4n) is 8.87. The lowest BCUT2D eigenvalue weighted by atomic mass is 9.34. The van der Waals surface area contributed by atoms with E-state index in [9.17, 15) is 14.7 Å². The molecular weight excluding hydrogens is 410 g/mol. The molecule has 3 fully saturated rings. The highest BCUT2D eigenvalue weighted by Gasteiger charge is 2.67. The van der Waals surface area contributed by atoms with Gasteiger partial charge in [0.1, 0.15) is 0 Å². The minimum absolute atomic E-state index is 0.000582. The van der Waals surface area contributed by atoms with E-state index >= 15 is 0 Å². The molecule has 0 saturated heterocycles. The Bertz CT molecular complexity index is 1050. The molecule has 5 aliphatic rings. The molecule has 4 heteroatoms. The van der Waals surface area contributed by atoms with Crippen LogP contribution in [-0.4, -0.2) is 28.8 Å². The van der Waals surface area contributed by atoms with Crippen molar-refractivity contribution in [1.29, 1.82) is 0 Å². The van der Waals surface area contributed by atoms with Crippen LogP contribution in [0.4, 0.5) is 0 Å². The molecule has 7 atom stereocenters. The van der Waals surface area contributed by atoms with E-state index < -0.39 is 17.0 Å². The van der Waals surface area contributed by atoms with Crippen molar-refractivity contribution in [3.05, 3.63) is 34.9 Å². The Morgan fingerprint density at radius 2 is 1.58 bits per heavy atom. The third-order valence-corrected chi connectivity index (χ3v) is 11.6. The van der Waals surface area contributed by atoms with Gasteiger partial charge in [0, 0.05) is 11.0 Å². The minimum Gasteiger partial charge on any atom is -0.395 e. The van der Waals surface area contributed by atoms with Crippen molar-refractivity contribution < 1.29 is 14.7 Å². The fourth-order valence-corrected chi connectivity index (χ4v) is 8.87. The van der Waals surface area contributed by atoms with Crippen molar-refractivity contribution in [1.82, 2.24) is 0 Å². The van der Waals surface area contributed by atoms with Crippen LogP contribution in [0.3, 0.4) is 0 Å². The molecule has 33 heavy (non-hydrogen) atoms. The van der Waals surface area contributed by atoms with Gasteiger partial charge in [-0.05, 0) is 98.2 Å². The van der Waals surface area contributed by atoms with Gasteiger partial charge in [-0.1, -0.05) is 45.4 Å². The van der Waals surface area contributed by atoms with Crippen LogP contribution in [-0.2, 0) is 9.59 Å². The zero-order valence-electron chi connectivity index (χ0n) is 21.3. The topological polar surface area (TPSA) is 80.4 Å². The molecule has 180 valence electrons. The number of Topliss-reactive ketones (excluding diaryl/α,β-unsaturated/α-hetero) is 1. The van der Waals surface area contributed by atoms with Gasteiger partial charge in [0.2, 0.25) is 11.6 Å². The van der Waals surface area contributed by atoms with Crippen LogP contribution in [0, 0.1) is 33.0 Å². The average Bonchev–Trinajstić information content (AvgIpc) is 2.76. The molecule has 0 spiro atoms. The minimum atomic E-state index is -1.15. The van der Waals surface area contributed by atoms with Gasteiger partial charge in [-0.15, -0.1) is 0 Å². The van der Waals surface area contributed by atoms with Crippen molar-refractivity contribution in [2.24, 2.45) is 38.7 Å². The number of hydrogen-bond acceptors (Lipinski definition) is 4. The summed E-state index contributed by atoms with van der Waals surface area (Å²) >= 11 is 0. The second-order valence-electron chi connectivity index (χ2n) is 13.5. The van der Waals surface area contributed by atoms with E-state index in [1.54, 1.807) is 13.0 Å². The Morgan fingerprint density at radius 1 is 0.909 bits per heavy atom. The third-order valence-electron chi connectivity index (χ3n) is 11.6. The van der Waals surface area contributed by atoms with Gasteiger partial charge in [0.25, 0.3) is 0 Å². The van der Waals surface area contributed by atoms with Crippen LogP contribution < -0.4 is 5.73 Å². The summed E-state index contributed by atoms with van der Waals surface area (Å²) in [5.41, 5.74) is 8.88. The molecule has 0 unspecified atom stereocenters. The zero-order chi connectivity index (χ0) is 24.2. The van der Waals surface area contributed by atoms with E-state index in [1.807, 2.05) is 6.08 Å². The first kappa shape index (κ1) is 23.2. The molecule has 3 saturated carbocycles. The average molecular weight is 452 g/mol. The second kappa shape index (κ2) is 6.57. The molecule has 0 aromatic rings. The Morgan fingerprint density at radius 3 is 2.24 bits per heavy atom. The van der Waals surface area contributed by atoms with Crippen LogP contribution in [0.2, 0.25) is 0 Å². The van der Waals surface area contributed by atoms with E-state index in [0.29, 0.717) is 11.3 Å². The normalized spacial score (nSPS) is 51.4. The molecule has 3 N–H and O–H groups in total. The lowest BCUT2D eigenvalue weighted by molar-refractivity contribution is -0.151. The molecule has 0 aromatic carbocycles. The number of hydrogen-bond donors (Lipinski definition) is 2. The summed E-state index contributed by atoms with van der Waals surface area (Å²) in [6.45, 7) is 13.3. The van der Waals surface area contributed by atoms with Crippen LogP contribution in [0.15, 0.2) is 34.9 Å². The molecule has 0 bridgehead atoms. The first-order valence-electron chi connectivity index (χ1n) is 12.8. The highest BCUT2D eigenvalue weighted by atomic mass is 16.3. The highest BCUT2D eigenvalue weighted by molar-refractivity contribution is 6.45. The number of aliphatic hydroxyl groups is 1. The lowest BCUT2D eigenvalue weighted by Crippen LogP contribution is -2.63. The van der Waals surface area contributed by atoms with E-state index in [1.165, 1.54) is 18.4 Å². The van der Waals surface area contributed by atoms with Crippen molar-refractivity contribution in [2.75, 3.05) is 6.61 Å². The van der Waals surface area contributed by atoms with Crippen molar-refractivity contribution >= 4 is 11.6 Å². The number of carbonyl (C=O) groups excluding carboxylic acids is 2. The molecule has 5 rings (SSSR count). The number of fused-ring (bicyclic) bond motifs is 7. The van der Waals surface area contributed by atoms with Crippen molar-refractivity contribution in [3.63, 3.8) is 0 Å². The van der Waals surface area contributed by atoms with Gasteiger partial charge in [-0.3, -0.25) is 9.59 Å². The van der Waals surface area contributed by atoms with E-state index in [0.717, 1.165) is 43.3 Å². The summed E-state index contributed by atoms with van der Waals surface area (Å²) in [5.74, 6) is -0.401. The van der Waals surface area contributed by atoms with E-state index in [2.05, 4.69) is 40.7 Å². The van der Waals surface area contributed by atoms with E-state index in [4.69, 9.17) is 5.73 Å². The predicted molar refractivity (Wildman–Crippen MR) is 130 cm³/mol. The second-order valence-corrected chi connectivity index (χ2v) is 13.5. The number of rotatable bonds is 1. The lowest BCUT2D eigenvalue weighted by Gasteiger charge is -2.70. The molecule has 4 nitrogen and oxygen atoms in total. The fraction of sp³-hybridized carbons (Fsp3) is 0.724. The number of nitrogens with two attached hydrogens (primary N) is 1. The summed E-state index contributed by atoms with van der Waals surface area (Å²) < 4.78 is 0. The number of aliphatic hydroxyl groups excluding tert-OH is 1. The van der Waals surface area contributed by atoms with Gasteiger partial charge in [0.05, 0.1) is 12.0 Å². The quantitative estimate of drug-likeness (QED) is 0.546. The molecule has 0 radical (unpaired) electrons. The molecule has 5 aliphatic carbocycles. The SMILES string of the molecule is C[C@@]1(N)CC[C@]2(C)CC[C@]3(C)C4=CC=C5C(=CC(=O)C(=O)[C@@]5(C)CO)[C@]4(C)CC[C@@]3(C)[C@@H]2C1. The van der Waals surface area contributed by atoms with Gasteiger partial charge in [-0.2, -0.15) is 0 Å². The zero-order valence-corrected chi connectivity index (χ0v) is 21.3. The van der Waals surface area contributed by atoms with Crippen molar-refractivity contribution in [3.8, 4) is 0 Å². The first-order valence-corrected chi connectivity index (χ1v) is 12.8. The molecule has 0 amide bonds. The predicted octanol–water partition coefficient (Wildman–Crippen LogP) is 5.06. The summed E-state index contributed by atoms with van der Waals surface area (Å²) in [4.78, 5) is 25.5. The maximum atomic E-state index is 12.8. The van der Waals surface area contributed by atoms with Gasteiger partial charge < -0.3 is 10.8 Å². The standard InChI is InChI=1S/C29H41NO3/c1-24-9-11-25(2,30)16-22(24)29(6)14-12-26(3)19-15-20(32)23(33)27(4,17-31)18(19)7-8-21(26)28(29,5)13-10-24/h7-8,15,22,31H,9-14,16-17,30H2,1-6H3/t22-,24-,25-,26+,27+,28-,29+/m1/s1. The Balaban J connectivity index is 1.67. The molecule has 0 aliphatic heterocycles. The first-order chi connectivity index (χ1) is 15.2. The molecular formula is C29H41NO3. The summed E-state index contributed by atoms with van der Waals surface area (Å²) in [5, 5.41) is 10.2. The summed E-state index contributed by atoms with van der Waals surface area (Å²) in [6.07, 6.45) is 13.6. The number of ketones is 2. The Labute approximate surface area is 198 Å². The Hall–Kier alpha value is -1.52. The number of allylic oxidation sites excluding steroid dienone is 5. The molecule has 0 heterocycles. The highest BCUT2D eigenvalue weighted by Crippen LogP contribution is 2.75. The van der Waals surface area contributed by atoms with Crippen LogP contribution >= 0.6 is 0 Å². The third kappa shape index (κ3) is 2.71. The summed E-state index contributed by atoms with van der Waals surface area (Å²) in [6, 6.07) is 0. The maximum Gasteiger partial charge on any atom is 0.222 e. The summed E-state index contributed by atoms with van der Waals surface area (Å²) in [7, 11) is 0. The van der Waals surface area contributed by atoms with E-state index in [-0.39, 0.29) is 28.4 Å². The maximum absolute atomic E-state index is 12.8. The monoisotopic (exact) mass is 451 g/mol. The van der Waals surface area contributed by atoms with Crippen LogP contribution in [0.25, 0.3) is 0 Å². The van der Waals surface area contributed by atoms with Gasteiger partial charge in [-0.25, -0.2) is 0 Å². The van der Waals surface area contributed by atoms with Crippen molar-refractivity contribution in [2.45, 2.75) is 92.0 Å². The Kier molecular flexibility index (Phi) is 4.63. The largest absolute Gasteiger partial charge is 0.395 e. The number of carbonyl (C=O) groups is 2. The van der Waals surface area contributed by atoms with Gasteiger partial charge >= 0.3 is 0 Å². The van der Waals surface area contributed by atoms with Crippen LogP contribution in [0.1, 0.15) is 86.5 Å². The smallest absolute Gasteiger partial charge is 0.222 e.